The molecule has 2 aromatic carbocycles. The smallest absolute Gasteiger partial charge is 0.305 e. The first-order valence-corrected chi connectivity index (χ1v) is 11.3. The summed E-state index contributed by atoms with van der Waals surface area (Å²) >= 11 is 0. The Morgan fingerprint density at radius 3 is 2.12 bits per heavy atom. The highest BCUT2D eigenvalue weighted by atomic mass is 16.8. The molecule has 2 fully saturated rings. The molecule has 1 aliphatic carbocycles. The zero-order chi connectivity index (χ0) is 23.3. The molecule has 176 valence electrons. The quantitative estimate of drug-likeness (QED) is 0.559. The van der Waals surface area contributed by atoms with E-state index in [9.17, 15) is 9.59 Å². The van der Waals surface area contributed by atoms with E-state index in [4.69, 9.17) is 23.7 Å². The number of fused-ring (bicyclic) bond motifs is 1. The van der Waals surface area contributed by atoms with Gasteiger partial charge in [-0.05, 0) is 30.4 Å². The summed E-state index contributed by atoms with van der Waals surface area (Å²) in [6, 6.07) is 19.7. The van der Waals surface area contributed by atoms with E-state index in [0.717, 1.165) is 24.0 Å². The summed E-state index contributed by atoms with van der Waals surface area (Å²) in [6.07, 6.45) is -0.693. The summed E-state index contributed by atoms with van der Waals surface area (Å²) in [5, 5.41) is 0. The van der Waals surface area contributed by atoms with E-state index in [1.54, 1.807) is 0 Å². The SMILES string of the molecule is CC(=O)OC1O[C@@H]2[C@H](OCc3ccccc3)CCC[C@]2(OCc2ccccc2)[C@H]1OC(C)=O. The largest absolute Gasteiger partial charge is 0.453 e. The van der Waals surface area contributed by atoms with Crippen molar-refractivity contribution < 1.29 is 33.3 Å². The summed E-state index contributed by atoms with van der Waals surface area (Å²) in [6.45, 7) is 3.35. The molecule has 2 aromatic rings. The second-order valence-corrected chi connectivity index (χ2v) is 8.52. The maximum absolute atomic E-state index is 12.0. The second kappa shape index (κ2) is 10.5. The number of benzene rings is 2. The highest BCUT2D eigenvalue weighted by molar-refractivity contribution is 5.67. The Balaban J connectivity index is 1.61. The van der Waals surface area contributed by atoms with Gasteiger partial charge in [0.15, 0.2) is 6.10 Å². The van der Waals surface area contributed by atoms with Crippen LogP contribution in [0.2, 0.25) is 0 Å². The van der Waals surface area contributed by atoms with E-state index in [0.29, 0.717) is 19.6 Å². The van der Waals surface area contributed by atoms with E-state index in [-0.39, 0.29) is 6.10 Å². The fourth-order valence-electron chi connectivity index (χ4n) is 4.70. The van der Waals surface area contributed by atoms with E-state index >= 15 is 0 Å². The van der Waals surface area contributed by atoms with Crippen LogP contribution >= 0.6 is 0 Å². The van der Waals surface area contributed by atoms with E-state index < -0.39 is 36.0 Å². The van der Waals surface area contributed by atoms with Gasteiger partial charge in [0, 0.05) is 13.8 Å². The second-order valence-electron chi connectivity index (χ2n) is 8.52. The molecule has 1 heterocycles. The lowest BCUT2D eigenvalue weighted by Gasteiger charge is -2.43. The average Bonchev–Trinajstić information content (AvgIpc) is 3.10. The number of carbonyl (C=O) groups is 2. The van der Waals surface area contributed by atoms with Crippen LogP contribution in [0.25, 0.3) is 0 Å². The van der Waals surface area contributed by atoms with Crippen LogP contribution < -0.4 is 0 Å². The van der Waals surface area contributed by atoms with E-state index in [2.05, 4.69) is 0 Å². The van der Waals surface area contributed by atoms with E-state index in [1.807, 2.05) is 60.7 Å². The van der Waals surface area contributed by atoms with Crippen LogP contribution in [0.4, 0.5) is 0 Å². The van der Waals surface area contributed by atoms with Crippen molar-refractivity contribution in [3.63, 3.8) is 0 Å². The fourth-order valence-corrected chi connectivity index (χ4v) is 4.70. The predicted molar refractivity (Wildman–Crippen MR) is 119 cm³/mol. The molecule has 1 saturated carbocycles. The van der Waals surface area contributed by atoms with Gasteiger partial charge in [-0.3, -0.25) is 9.59 Å². The molecule has 1 saturated heterocycles. The number of ether oxygens (including phenoxy) is 5. The van der Waals surface area contributed by atoms with E-state index in [1.165, 1.54) is 13.8 Å². The Labute approximate surface area is 193 Å². The molecule has 0 radical (unpaired) electrons. The molecule has 1 unspecified atom stereocenters. The maximum atomic E-state index is 12.0. The molecule has 33 heavy (non-hydrogen) atoms. The Morgan fingerprint density at radius 2 is 1.52 bits per heavy atom. The van der Waals surface area contributed by atoms with Crippen molar-refractivity contribution in [2.45, 2.75) is 76.5 Å². The first kappa shape index (κ1) is 23.4. The van der Waals surface area contributed by atoms with Crippen LogP contribution in [-0.2, 0) is 46.5 Å². The van der Waals surface area contributed by atoms with Crippen molar-refractivity contribution in [3.05, 3.63) is 71.8 Å². The van der Waals surface area contributed by atoms with Gasteiger partial charge >= 0.3 is 11.9 Å². The lowest BCUT2D eigenvalue weighted by Crippen LogP contribution is -2.58. The molecule has 0 amide bonds. The van der Waals surface area contributed by atoms with Crippen molar-refractivity contribution in [1.29, 1.82) is 0 Å². The Morgan fingerprint density at radius 1 is 0.909 bits per heavy atom. The summed E-state index contributed by atoms with van der Waals surface area (Å²) in [4.78, 5) is 23.8. The third-order valence-corrected chi connectivity index (χ3v) is 6.12. The topological polar surface area (TPSA) is 80.3 Å². The maximum Gasteiger partial charge on any atom is 0.305 e. The van der Waals surface area contributed by atoms with Gasteiger partial charge in [0.2, 0.25) is 6.29 Å². The first-order valence-electron chi connectivity index (χ1n) is 11.3. The van der Waals surface area contributed by atoms with Crippen molar-refractivity contribution in [2.75, 3.05) is 0 Å². The lowest BCUT2D eigenvalue weighted by atomic mass is 9.77. The van der Waals surface area contributed by atoms with Gasteiger partial charge in [-0.2, -0.15) is 0 Å². The number of hydrogen-bond acceptors (Lipinski definition) is 7. The lowest BCUT2D eigenvalue weighted by molar-refractivity contribution is -0.203. The number of hydrogen-bond donors (Lipinski definition) is 0. The average molecular weight is 455 g/mol. The normalized spacial score (nSPS) is 28.7. The molecule has 1 aliphatic heterocycles. The molecular weight excluding hydrogens is 424 g/mol. The molecule has 0 spiro atoms. The molecule has 0 aromatic heterocycles. The van der Waals surface area contributed by atoms with Crippen LogP contribution in [0.5, 0.6) is 0 Å². The van der Waals surface area contributed by atoms with Crippen LogP contribution in [0.1, 0.15) is 44.2 Å². The molecule has 2 aliphatic rings. The highest BCUT2D eigenvalue weighted by Gasteiger charge is 2.64. The number of esters is 2. The molecule has 0 bridgehead atoms. The van der Waals surface area contributed by atoms with Crippen LogP contribution in [0.15, 0.2) is 60.7 Å². The first-order chi connectivity index (χ1) is 16.0. The van der Waals surface area contributed by atoms with Gasteiger partial charge in [-0.25, -0.2) is 0 Å². The molecule has 7 heteroatoms. The number of carbonyl (C=O) groups excluding carboxylic acids is 2. The van der Waals surface area contributed by atoms with Crippen LogP contribution in [0.3, 0.4) is 0 Å². The monoisotopic (exact) mass is 454 g/mol. The van der Waals surface area contributed by atoms with Gasteiger partial charge in [0.05, 0.1) is 19.3 Å². The predicted octanol–water partition coefficient (Wildman–Crippen LogP) is 3.93. The highest BCUT2D eigenvalue weighted by Crippen LogP contribution is 2.47. The minimum atomic E-state index is -1.06. The van der Waals surface area contributed by atoms with Gasteiger partial charge in [-0.15, -0.1) is 0 Å². The van der Waals surface area contributed by atoms with Gasteiger partial charge in [0.1, 0.15) is 11.7 Å². The van der Waals surface area contributed by atoms with Gasteiger partial charge < -0.3 is 23.7 Å². The molecule has 0 N–H and O–H groups in total. The molecule has 4 rings (SSSR count). The van der Waals surface area contributed by atoms with Crippen molar-refractivity contribution in [2.24, 2.45) is 0 Å². The fraction of sp³-hybridized carbons (Fsp3) is 0.462. The standard InChI is InChI=1S/C26H30O7/c1-18(27)31-24-25(32-19(2)28)33-23-22(29-16-20-10-5-3-6-11-20)14-9-15-26(23,24)30-17-21-12-7-4-8-13-21/h3-8,10-13,22-25H,9,14-17H2,1-2H3/t22-,23-,24+,25?,26-/m1/s1. The molecular formula is C26H30O7. The molecule has 5 atom stereocenters. The summed E-state index contributed by atoms with van der Waals surface area (Å²) in [7, 11) is 0. The van der Waals surface area contributed by atoms with Crippen molar-refractivity contribution in [1.82, 2.24) is 0 Å². The summed E-state index contributed by atoms with van der Waals surface area (Å²) in [5.74, 6) is -1.01. The van der Waals surface area contributed by atoms with Crippen LogP contribution in [-0.4, -0.2) is 42.1 Å². The minimum Gasteiger partial charge on any atom is -0.453 e. The number of rotatable bonds is 8. The van der Waals surface area contributed by atoms with Crippen molar-refractivity contribution >= 4 is 11.9 Å². The van der Waals surface area contributed by atoms with Gasteiger partial charge in [-0.1, -0.05) is 60.7 Å². The summed E-state index contributed by atoms with van der Waals surface area (Å²) < 4.78 is 30.1. The zero-order valence-corrected chi connectivity index (χ0v) is 19.0. The Kier molecular flexibility index (Phi) is 7.42. The third kappa shape index (κ3) is 5.43. The van der Waals surface area contributed by atoms with Crippen LogP contribution in [0, 0.1) is 0 Å². The zero-order valence-electron chi connectivity index (χ0n) is 19.0. The molecule has 7 nitrogen and oxygen atoms in total. The van der Waals surface area contributed by atoms with Crippen molar-refractivity contribution in [3.8, 4) is 0 Å². The van der Waals surface area contributed by atoms with Gasteiger partial charge in [0.25, 0.3) is 0 Å². The summed E-state index contributed by atoms with van der Waals surface area (Å²) in [5.41, 5.74) is 1.03. The third-order valence-electron chi connectivity index (χ3n) is 6.12. The Hall–Kier alpha value is -2.74. The Bertz CT molecular complexity index is 932. The minimum absolute atomic E-state index is 0.302.